The summed E-state index contributed by atoms with van der Waals surface area (Å²) in [4.78, 5) is 0. The molecule has 1 unspecified atom stereocenters. The fourth-order valence-corrected chi connectivity index (χ4v) is 5.43. The Hall–Kier alpha value is -0.300. The molecule has 2 aliphatic rings. The number of allylic oxidation sites excluding steroid dienone is 1. The van der Waals surface area contributed by atoms with Gasteiger partial charge in [-0.3, -0.25) is 0 Å². The lowest BCUT2D eigenvalue weighted by Gasteiger charge is -2.44. The molecule has 0 amide bonds. The maximum Gasteiger partial charge on any atom is 0.0615 e. The normalized spacial score (nSPS) is 36.2. The van der Waals surface area contributed by atoms with E-state index in [1.165, 1.54) is 51.4 Å². The van der Waals surface area contributed by atoms with E-state index in [0.717, 1.165) is 23.7 Å². The Kier molecular flexibility index (Phi) is 5.94. The van der Waals surface area contributed by atoms with Crippen molar-refractivity contribution < 1.29 is 5.11 Å². The first-order valence-electron chi connectivity index (χ1n) is 9.28. The van der Waals surface area contributed by atoms with Crippen molar-refractivity contribution in [1.29, 1.82) is 0 Å². The predicted molar refractivity (Wildman–Crippen MR) is 91.2 cm³/mol. The highest BCUT2D eigenvalue weighted by Crippen LogP contribution is 2.59. The summed E-state index contributed by atoms with van der Waals surface area (Å²) >= 11 is 0. The molecule has 0 aromatic heterocycles. The minimum Gasteiger partial charge on any atom is -0.392 e. The molecule has 1 nitrogen and oxygen atoms in total. The second kappa shape index (κ2) is 7.31. The van der Waals surface area contributed by atoms with E-state index in [1.807, 2.05) is 0 Å². The second-order valence-electron chi connectivity index (χ2n) is 8.36. The Morgan fingerprint density at radius 1 is 1.24 bits per heavy atom. The van der Waals surface area contributed by atoms with E-state index < -0.39 is 0 Å². The van der Waals surface area contributed by atoms with Gasteiger partial charge in [0.05, 0.1) is 6.61 Å². The maximum absolute atomic E-state index is 9.29. The Morgan fingerprint density at radius 2 is 2.00 bits per heavy atom. The highest BCUT2D eigenvalue weighted by atomic mass is 16.2. The molecule has 0 aliphatic heterocycles. The number of hydrogen-bond acceptors (Lipinski definition) is 1. The van der Waals surface area contributed by atoms with Crippen LogP contribution in [0.5, 0.6) is 0 Å². The molecule has 0 aromatic rings. The topological polar surface area (TPSA) is 20.2 Å². The maximum atomic E-state index is 9.29. The Balaban J connectivity index is 2.00. The third-order valence-corrected chi connectivity index (χ3v) is 6.52. The fraction of sp³-hybridized carbons (Fsp3) is 0.900. The quantitative estimate of drug-likeness (QED) is 0.633. The Labute approximate surface area is 132 Å². The van der Waals surface area contributed by atoms with Gasteiger partial charge in [0.25, 0.3) is 0 Å². The molecule has 2 rings (SSSR count). The van der Waals surface area contributed by atoms with Crippen LogP contribution in [-0.4, -0.2) is 11.7 Å². The average Bonchev–Trinajstić information content (AvgIpc) is 2.76. The van der Waals surface area contributed by atoms with E-state index in [0.29, 0.717) is 5.41 Å². The molecule has 1 N–H and O–H groups in total. The minimum absolute atomic E-state index is 0.233. The summed E-state index contributed by atoms with van der Waals surface area (Å²) in [6.45, 7) is 9.97. The van der Waals surface area contributed by atoms with Crippen LogP contribution in [0.2, 0.25) is 0 Å². The molecule has 0 saturated heterocycles. The lowest BCUT2D eigenvalue weighted by atomic mass is 9.60. The number of aliphatic hydroxyl groups is 1. The van der Waals surface area contributed by atoms with Gasteiger partial charge < -0.3 is 5.11 Å². The van der Waals surface area contributed by atoms with Crippen molar-refractivity contribution in [3.8, 4) is 0 Å². The van der Waals surface area contributed by atoms with Crippen LogP contribution in [0, 0.1) is 29.1 Å². The van der Waals surface area contributed by atoms with Gasteiger partial charge >= 0.3 is 0 Å². The van der Waals surface area contributed by atoms with Crippen molar-refractivity contribution in [1.82, 2.24) is 0 Å². The molecular formula is C20H36O. The zero-order valence-corrected chi connectivity index (χ0v) is 14.7. The monoisotopic (exact) mass is 292 g/mol. The third-order valence-electron chi connectivity index (χ3n) is 6.52. The van der Waals surface area contributed by atoms with Gasteiger partial charge in [0.2, 0.25) is 0 Å². The summed E-state index contributed by atoms with van der Waals surface area (Å²) in [6.07, 6.45) is 13.0. The summed E-state index contributed by atoms with van der Waals surface area (Å²) in [5.74, 6) is 3.37. The van der Waals surface area contributed by atoms with Crippen LogP contribution in [0.3, 0.4) is 0 Å². The summed E-state index contributed by atoms with van der Waals surface area (Å²) < 4.78 is 0. The van der Waals surface area contributed by atoms with Crippen molar-refractivity contribution in [2.24, 2.45) is 29.1 Å². The number of rotatable bonds is 6. The zero-order chi connectivity index (χ0) is 15.5. The fourth-order valence-electron chi connectivity index (χ4n) is 5.43. The van der Waals surface area contributed by atoms with Crippen LogP contribution < -0.4 is 0 Å². The molecule has 2 saturated carbocycles. The summed E-state index contributed by atoms with van der Waals surface area (Å²) in [5.41, 5.74) is 2.08. The molecule has 122 valence electrons. The number of aliphatic hydroxyl groups excluding tert-OH is 1. The van der Waals surface area contributed by atoms with Gasteiger partial charge in [-0.05, 0) is 61.2 Å². The Morgan fingerprint density at radius 3 is 2.67 bits per heavy atom. The summed E-state index contributed by atoms with van der Waals surface area (Å²) in [7, 11) is 0. The van der Waals surface area contributed by atoms with E-state index in [9.17, 15) is 5.11 Å². The largest absolute Gasteiger partial charge is 0.392 e. The van der Waals surface area contributed by atoms with Crippen LogP contribution in [0.15, 0.2) is 11.6 Å². The third kappa shape index (κ3) is 3.73. The highest BCUT2D eigenvalue weighted by Gasteiger charge is 2.50. The van der Waals surface area contributed by atoms with Gasteiger partial charge in [0.15, 0.2) is 0 Å². The van der Waals surface area contributed by atoms with Crippen molar-refractivity contribution >= 4 is 0 Å². The van der Waals surface area contributed by atoms with Gasteiger partial charge in [0.1, 0.15) is 0 Å². The summed E-state index contributed by atoms with van der Waals surface area (Å²) in [5, 5.41) is 9.29. The average molecular weight is 293 g/mol. The van der Waals surface area contributed by atoms with Crippen molar-refractivity contribution in [3.05, 3.63) is 11.6 Å². The minimum atomic E-state index is 0.233. The van der Waals surface area contributed by atoms with Gasteiger partial charge in [-0.1, -0.05) is 58.6 Å². The molecule has 1 heteroatoms. The van der Waals surface area contributed by atoms with Gasteiger partial charge in [0, 0.05) is 0 Å². The van der Waals surface area contributed by atoms with Gasteiger partial charge in [-0.2, -0.15) is 0 Å². The SMILES string of the molecule is CC(C)CCC[C@@H](C)C1CC[C@H]2/C(=C/CO)CCC[C@]12C. The van der Waals surface area contributed by atoms with Crippen LogP contribution >= 0.6 is 0 Å². The first-order valence-corrected chi connectivity index (χ1v) is 9.28. The predicted octanol–water partition coefficient (Wildman–Crippen LogP) is 5.58. The smallest absolute Gasteiger partial charge is 0.0615 e. The van der Waals surface area contributed by atoms with E-state index >= 15 is 0 Å². The first kappa shape index (κ1) is 17.1. The van der Waals surface area contributed by atoms with Crippen molar-refractivity contribution in [2.75, 3.05) is 6.61 Å². The second-order valence-corrected chi connectivity index (χ2v) is 8.36. The Bertz CT molecular complexity index is 357. The van der Waals surface area contributed by atoms with Crippen LogP contribution in [0.1, 0.15) is 79.1 Å². The molecule has 0 heterocycles. The number of fused-ring (bicyclic) bond motifs is 1. The van der Waals surface area contributed by atoms with E-state index in [4.69, 9.17) is 0 Å². The van der Waals surface area contributed by atoms with Gasteiger partial charge in [-0.15, -0.1) is 0 Å². The van der Waals surface area contributed by atoms with E-state index in [2.05, 4.69) is 33.8 Å². The molecule has 0 spiro atoms. The van der Waals surface area contributed by atoms with Gasteiger partial charge in [-0.25, -0.2) is 0 Å². The molecule has 21 heavy (non-hydrogen) atoms. The van der Waals surface area contributed by atoms with Crippen LogP contribution in [0.25, 0.3) is 0 Å². The molecular weight excluding hydrogens is 256 g/mol. The van der Waals surface area contributed by atoms with Crippen molar-refractivity contribution in [2.45, 2.75) is 79.1 Å². The van der Waals surface area contributed by atoms with E-state index in [-0.39, 0.29) is 6.61 Å². The zero-order valence-electron chi connectivity index (χ0n) is 14.7. The standard InChI is InChI=1S/C20H36O/c1-15(2)7-5-8-16(3)18-10-11-19-17(12-14-21)9-6-13-20(18,19)4/h12,15-16,18-19,21H,5-11,13-14H2,1-4H3/b17-12+/t16-,18?,19+,20-/m1/s1. The first-order chi connectivity index (χ1) is 9.99. The van der Waals surface area contributed by atoms with E-state index in [1.54, 1.807) is 5.57 Å². The van der Waals surface area contributed by atoms with Crippen LogP contribution in [-0.2, 0) is 0 Å². The lowest BCUT2D eigenvalue weighted by molar-refractivity contribution is 0.0923. The molecule has 2 aliphatic carbocycles. The molecule has 0 aromatic carbocycles. The van der Waals surface area contributed by atoms with Crippen LogP contribution in [0.4, 0.5) is 0 Å². The highest BCUT2D eigenvalue weighted by molar-refractivity contribution is 5.18. The molecule has 0 radical (unpaired) electrons. The molecule has 4 atom stereocenters. The van der Waals surface area contributed by atoms with Crippen molar-refractivity contribution in [3.63, 3.8) is 0 Å². The lowest BCUT2D eigenvalue weighted by Crippen LogP contribution is -2.36. The number of hydrogen-bond donors (Lipinski definition) is 1. The summed E-state index contributed by atoms with van der Waals surface area (Å²) in [6, 6.07) is 0. The molecule has 2 fully saturated rings. The molecule has 0 bridgehead atoms.